The number of amides is 2. The highest BCUT2D eigenvalue weighted by atomic mass is 19.1. The maximum Gasteiger partial charge on any atom is 0.335 e. The highest BCUT2D eigenvalue weighted by Gasteiger charge is 2.17. The predicted octanol–water partition coefficient (Wildman–Crippen LogP) is 3.47. The summed E-state index contributed by atoms with van der Waals surface area (Å²) in [6.45, 7) is 5.97. The molecule has 6 heteroatoms. The molecule has 1 atom stereocenters. The lowest BCUT2D eigenvalue weighted by Gasteiger charge is -2.22. The Morgan fingerprint density at radius 2 is 1.90 bits per heavy atom. The van der Waals surface area contributed by atoms with E-state index in [4.69, 9.17) is 5.11 Å². The number of halogens is 1. The summed E-state index contributed by atoms with van der Waals surface area (Å²) in [7, 11) is 0. The highest BCUT2D eigenvalue weighted by Crippen LogP contribution is 2.17. The largest absolute Gasteiger partial charge is 0.478 e. The fraction of sp³-hybridized carbons (Fsp3) is 0.467. The summed E-state index contributed by atoms with van der Waals surface area (Å²) in [5, 5.41) is 14.0. The zero-order valence-corrected chi connectivity index (χ0v) is 12.4. The van der Waals surface area contributed by atoms with E-state index in [1.54, 1.807) is 0 Å². The SMILES string of the molecule is CCC(CC)C(C)NC(=O)Nc1cc(C(=O)O)ccc1F. The van der Waals surface area contributed by atoms with Crippen molar-refractivity contribution in [2.24, 2.45) is 5.92 Å². The first-order valence-corrected chi connectivity index (χ1v) is 6.99. The molecule has 0 aromatic heterocycles. The Morgan fingerprint density at radius 3 is 2.43 bits per heavy atom. The molecule has 1 rings (SSSR count). The number of aromatic carboxylic acids is 1. The van der Waals surface area contributed by atoms with E-state index in [2.05, 4.69) is 10.6 Å². The van der Waals surface area contributed by atoms with Crippen LogP contribution < -0.4 is 10.6 Å². The summed E-state index contributed by atoms with van der Waals surface area (Å²) in [6.07, 6.45) is 1.86. The molecule has 0 saturated carbocycles. The molecule has 0 spiro atoms. The molecule has 0 bridgehead atoms. The topological polar surface area (TPSA) is 78.4 Å². The van der Waals surface area contributed by atoms with Gasteiger partial charge in [0.2, 0.25) is 0 Å². The van der Waals surface area contributed by atoms with Gasteiger partial charge in [-0.3, -0.25) is 0 Å². The molecule has 3 N–H and O–H groups in total. The minimum Gasteiger partial charge on any atom is -0.478 e. The second-order valence-corrected chi connectivity index (χ2v) is 4.96. The van der Waals surface area contributed by atoms with E-state index in [-0.39, 0.29) is 17.3 Å². The van der Waals surface area contributed by atoms with Gasteiger partial charge in [0.25, 0.3) is 0 Å². The molecule has 21 heavy (non-hydrogen) atoms. The fourth-order valence-electron chi connectivity index (χ4n) is 2.23. The van der Waals surface area contributed by atoms with Crippen LogP contribution in [-0.4, -0.2) is 23.1 Å². The number of rotatable bonds is 6. The number of carboxylic acid groups (broad SMARTS) is 1. The standard InChI is InChI=1S/C15H21FN2O3/c1-4-10(5-2)9(3)17-15(21)18-13-8-11(14(19)20)6-7-12(13)16/h6-10H,4-5H2,1-3H3,(H,19,20)(H2,17,18,21). The molecular formula is C15H21FN2O3. The molecule has 0 radical (unpaired) electrons. The van der Waals surface area contributed by atoms with Crippen molar-refractivity contribution >= 4 is 17.7 Å². The summed E-state index contributed by atoms with van der Waals surface area (Å²) < 4.78 is 13.6. The number of carboxylic acids is 1. The third-order valence-corrected chi connectivity index (χ3v) is 3.58. The van der Waals surface area contributed by atoms with Gasteiger partial charge < -0.3 is 15.7 Å². The quantitative estimate of drug-likeness (QED) is 0.752. The molecule has 0 heterocycles. The van der Waals surface area contributed by atoms with E-state index < -0.39 is 17.8 Å². The second kappa shape index (κ2) is 7.61. The van der Waals surface area contributed by atoms with Crippen molar-refractivity contribution < 1.29 is 19.1 Å². The van der Waals surface area contributed by atoms with Gasteiger partial charge in [-0.2, -0.15) is 0 Å². The Bertz CT molecular complexity index is 516. The van der Waals surface area contributed by atoms with E-state index >= 15 is 0 Å². The van der Waals surface area contributed by atoms with Crippen molar-refractivity contribution in [1.29, 1.82) is 0 Å². The van der Waals surface area contributed by atoms with Gasteiger partial charge in [-0.05, 0) is 31.0 Å². The van der Waals surface area contributed by atoms with Crippen LogP contribution in [0.25, 0.3) is 0 Å². The maximum atomic E-state index is 13.6. The number of hydrogen-bond acceptors (Lipinski definition) is 2. The smallest absolute Gasteiger partial charge is 0.335 e. The third kappa shape index (κ3) is 4.73. The van der Waals surface area contributed by atoms with Crippen LogP contribution in [0.5, 0.6) is 0 Å². The van der Waals surface area contributed by atoms with Gasteiger partial charge in [0, 0.05) is 6.04 Å². The maximum absolute atomic E-state index is 13.6. The summed E-state index contributed by atoms with van der Waals surface area (Å²) >= 11 is 0. The van der Waals surface area contributed by atoms with E-state index in [9.17, 15) is 14.0 Å². The first kappa shape index (κ1) is 16.9. The Morgan fingerprint density at radius 1 is 1.29 bits per heavy atom. The van der Waals surface area contributed by atoms with Crippen molar-refractivity contribution in [1.82, 2.24) is 5.32 Å². The number of nitrogens with one attached hydrogen (secondary N) is 2. The number of benzene rings is 1. The molecule has 1 unspecified atom stereocenters. The van der Waals surface area contributed by atoms with Gasteiger partial charge in [-0.15, -0.1) is 0 Å². The molecule has 5 nitrogen and oxygen atoms in total. The van der Waals surface area contributed by atoms with E-state index in [0.29, 0.717) is 5.92 Å². The summed E-state index contributed by atoms with van der Waals surface area (Å²) in [6, 6.07) is 2.66. The molecule has 0 fully saturated rings. The molecule has 1 aromatic rings. The van der Waals surface area contributed by atoms with Crippen molar-refractivity contribution in [3.8, 4) is 0 Å². The van der Waals surface area contributed by atoms with Crippen molar-refractivity contribution in [3.63, 3.8) is 0 Å². The minimum atomic E-state index is -1.18. The van der Waals surface area contributed by atoms with Gasteiger partial charge in [0.15, 0.2) is 0 Å². The molecule has 0 saturated heterocycles. The van der Waals surface area contributed by atoms with Crippen LogP contribution in [0.1, 0.15) is 44.0 Å². The van der Waals surface area contributed by atoms with E-state index in [0.717, 1.165) is 31.0 Å². The predicted molar refractivity (Wildman–Crippen MR) is 79.0 cm³/mol. The van der Waals surface area contributed by atoms with Gasteiger partial charge in [-0.1, -0.05) is 26.7 Å². The summed E-state index contributed by atoms with van der Waals surface area (Å²) in [5.41, 5.74) is -0.233. The minimum absolute atomic E-state index is 0.0503. The fourth-order valence-corrected chi connectivity index (χ4v) is 2.23. The van der Waals surface area contributed by atoms with Crippen molar-refractivity contribution in [3.05, 3.63) is 29.6 Å². The Labute approximate surface area is 123 Å². The van der Waals surface area contributed by atoms with E-state index in [1.807, 2.05) is 20.8 Å². The number of urea groups is 1. The van der Waals surface area contributed by atoms with Crippen LogP contribution in [0.15, 0.2) is 18.2 Å². The molecule has 116 valence electrons. The lowest BCUT2D eigenvalue weighted by atomic mass is 9.96. The number of carbonyl (C=O) groups excluding carboxylic acids is 1. The van der Waals surface area contributed by atoms with Crippen molar-refractivity contribution in [2.45, 2.75) is 39.7 Å². The first-order chi connectivity index (χ1) is 9.88. The molecule has 0 aliphatic heterocycles. The average molecular weight is 296 g/mol. The van der Waals surface area contributed by atoms with Crippen LogP contribution in [0.2, 0.25) is 0 Å². The molecule has 1 aromatic carbocycles. The number of anilines is 1. The first-order valence-electron chi connectivity index (χ1n) is 6.99. The summed E-state index contributed by atoms with van der Waals surface area (Å²) in [4.78, 5) is 22.7. The van der Waals surface area contributed by atoms with Gasteiger partial charge in [0.05, 0.1) is 11.3 Å². The van der Waals surface area contributed by atoms with E-state index in [1.165, 1.54) is 0 Å². The Hall–Kier alpha value is -2.11. The highest BCUT2D eigenvalue weighted by molar-refractivity contribution is 5.93. The van der Waals surface area contributed by atoms with Gasteiger partial charge in [-0.25, -0.2) is 14.0 Å². The van der Waals surface area contributed by atoms with Crippen LogP contribution in [-0.2, 0) is 0 Å². The second-order valence-electron chi connectivity index (χ2n) is 4.96. The lowest BCUT2D eigenvalue weighted by Crippen LogP contribution is -2.40. The molecule has 2 amide bonds. The Kier molecular flexibility index (Phi) is 6.14. The zero-order valence-electron chi connectivity index (χ0n) is 12.4. The number of carbonyl (C=O) groups is 2. The normalized spacial score (nSPS) is 12.0. The molecule has 0 aliphatic rings. The van der Waals surface area contributed by atoms with Crippen LogP contribution in [0, 0.1) is 11.7 Å². The average Bonchev–Trinajstić information content (AvgIpc) is 2.42. The molecular weight excluding hydrogens is 275 g/mol. The summed E-state index contributed by atoms with van der Waals surface area (Å²) in [5.74, 6) is -1.51. The van der Waals surface area contributed by atoms with Crippen molar-refractivity contribution in [2.75, 3.05) is 5.32 Å². The number of hydrogen-bond donors (Lipinski definition) is 3. The Balaban J connectivity index is 2.75. The lowest BCUT2D eigenvalue weighted by molar-refractivity contribution is 0.0697. The van der Waals surface area contributed by atoms with Gasteiger partial charge >= 0.3 is 12.0 Å². The van der Waals surface area contributed by atoms with Gasteiger partial charge in [0.1, 0.15) is 5.82 Å². The zero-order chi connectivity index (χ0) is 16.0. The van der Waals surface area contributed by atoms with Crippen LogP contribution in [0.4, 0.5) is 14.9 Å². The molecule has 0 aliphatic carbocycles. The monoisotopic (exact) mass is 296 g/mol. The third-order valence-electron chi connectivity index (χ3n) is 3.58. The van der Waals surface area contributed by atoms with Crippen LogP contribution in [0.3, 0.4) is 0 Å². The van der Waals surface area contributed by atoms with Crippen LogP contribution >= 0.6 is 0 Å².